The number of unbranched alkanes of at least 4 members (excludes halogenated alkanes) is 3. The van der Waals surface area contributed by atoms with Crippen LogP contribution in [0, 0.1) is 0 Å². The van der Waals surface area contributed by atoms with E-state index in [4.69, 9.17) is 0 Å². The fraction of sp³-hybridized carbons (Fsp3) is 0.318. The first-order valence-electron chi connectivity index (χ1n) is 10.2. The van der Waals surface area contributed by atoms with Gasteiger partial charge in [0, 0.05) is 12.2 Å². The van der Waals surface area contributed by atoms with Gasteiger partial charge in [0.25, 0.3) is 11.8 Å². The SMILES string of the molecule is CCCCCCNS(=O)(=O)c1ccc(NC(=O)CN2C(=O)c3ccccc3C2=O)cc1. The molecule has 3 rings (SSSR count). The lowest BCUT2D eigenvalue weighted by molar-refractivity contribution is -0.116. The maximum Gasteiger partial charge on any atom is 0.262 e. The van der Waals surface area contributed by atoms with Crippen LogP contribution in [0.15, 0.2) is 53.4 Å². The average Bonchev–Trinajstić information content (AvgIpc) is 2.99. The second kappa shape index (κ2) is 9.84. The molecule has 0 saturated carbocycles. The van der Waals surface area contributed by atoms with Gasteiger partial charge in [0.05, 0.1) is 16.0 Å². The number of amides is 3. The second-order valence-electron chi connectivity index (χ2n) is 7.27. The van der Waals surface area contributed by atoms with Crippen LogP contribution < -0.4 is 10.0 Å². The van der Waals surface area contributed by atoms with Crippen LogP contribution in [0.2, 0.25) is 0 Å². The van der Waals surface area contributed by atoms with E-state index in [0.29, 0.717) is 12.2 Å². The zero-order valence-corrected chi connectivity index (χ0v) is 18.1. The van der Waals surface area contributed by atoms with E-state index in [1.54, 1.807) is 24.3 Å². The van der Waals surface area contributed by atoms with E-state index >= 15 is 0 Å². The highest BCUT2D eigenvalue weighted by molar-refractivity contribution is 7.89. The Labute approximate surface area is 181 Å². The number of nitrogens with zero attached hydrogens (tertiary/aromatic N) is 1. The molecule has 0 atom stereocenters. The van der Waals surface area contributed by atoms with Crippen LogP contribution in [0.25, 0.3) is 0 Å². The van der Waals surface area contributed by atoms with Crippen molar-refractivity contribution in [2.75, 3.05) is 18.4 Å². The molecule has 0 saturated heterocycles. The second-order valence-corrected chi connectivity index (χ2v) is 9.04. The van der Waals surface area contributed by atoms with Crippen molar-refractivity contribution in [2.45, 2.75) is 37.5 Å². The first-order chi connectivity index (χ1) is 14.8. The van der Waals surface area contributed by atoms with Crippen LogP contribution in [0.5, 0.6) is 0 Å². The molecule has 1 aliphatic heterocycles. The quantitative estimate of drug-likeness (QED) is 0.433. The molecule has 2 N–H and O–H groups in total. The third-order valence-corrected chi connectivity index (χ3v) is 6.43. The highest BCUT2D eigenvalue weighted by Crippen LogP contribution is 2.22. The Kier molecular flexibility index (Phi) is 7.19. The number of sulfonamides is 1. The fourth-order valence-corrected chi connectivity index (χ4v) is 4.36. The molecule has 31 heavy (non-hydrogen) atoms. The smallest absolute Gasteiger partial charge is 0.262 e. The molecule has 0 radical (unpaired) electrons. The summed E-state index contributed by atoms with van der Waals surface area (Å²) in [4.78, 5) is 38.0. The number of nitrogens with one attached hydrogen (secondary N) is 2. The molecule has 0 unspecified atom stereocenters. The summed E-state index contributed by atoms with van der Waals surface area (Å²) in [5.41, 5.74) is 0.914. The van der Waals surface area contributed by atoms with E-state index < -0.39 is 34.3 Å². The lowest BCUT2D eigenvalue weighted by Crippen LogP contribution is -2.37. The fourth-order valence-electron chi connectivity index (χ4n) is 3.29. The molecule has 0 bridgehead atoms. The van der Waals surface area contributed by atoms with E-state index in [2.05, 4.69) is 17.0 Å². The molecule has 2 aromatic rings. The van der Waals surface area contributed by atoms with E-state index in [-0.39, 0.29) is 16.0 Å². The number of imide groups is 1. The predicted molar refractivity (Wildman–Crippen MR) is 116 cm³/mol. The molecule has 1 aliphatic rings. The maximum absolute atomic E-state index is 12.3. The van der Waals surface area contributed by atoms with E-state index in [0.717, 1.165) is 30.6 Å². The molecule has 2 aromatic carbocycles. The largest absolute Gasteiger partial charge is 0.325 e. The minimum Gasteiger partial charge on any atom is -0.325 e. The van der Waals surface area contributed by atoms with Gasteiger partial charge >= 0.3 is 0 Å². The molecule has 9 heteroatoms. The van der Waals surface area contributed by atoms with Crippen LogP contribution in [0.3, 0.4) is 0 Å². The van der Waals surface area contributed by atoms with Gasteiger partial charge in [0.15, 0.2) is 0 Å². The van der Waals surface area contributed by atoms with Crippen molar-refractivity contribution < 1.29 is 22.8 Å². The van der Waals surface area contributed by atoms with Gasteiger partial charge in [-0.2, -0.15) is 0 Å². The Hall–Kier alpha value is -3.04. The van der Waals surface area contributed by atoms with Crippen molar-refractivity contribution >= 4 is 33.4 Å². The molecular formula is C22H25N3O5S. The van der Waals surface area contributed by atoms with Gasteiger partial charge in [-0.1, -0.05) is 38.3 Å². The lowest BCUT2D eigenvalue weighted by Gasteiger charge is -2.14. The third-order valence-electron chi connectivity index (χ3n) is 4.95. The van der Waals surface area contributed by atoms with Gasteiger partial charge in [0.1, 0.15) is 6.54 Å². The van der Waals surface area contributed by atoms with Crippen LogP contribution in [-0.2, 0) is 14.8 Å². The van der Waals surface area contributed by atoms with Gasteiger partial charge in [0.2, 0.25) is 15.9 Å². The lowest BCUT2D eigenvalue weighted by atomic mass is 10.1. The standard InChI is InChI=1S/C22H25N3O5S/c1-2-3-4-7-14-23-31(29,30)17-12-10-16(11-13-17)24-20(26)15-25-21(27)18-8-5-6-9-19(18)22(25)28/h5-6,8-13,23H,2-4,7,14-15H2,1H3,(H,24,26). The Balaban J connectivity index is 1.56. The van der Waals surface area contributed by atoms with E-state index in [1.165, 1.54) is 24.3 Å². The summed E-state index contributed by atoms with van der Waals surface area (Å²) in [6.45, 7) is 2.04. The monoisotopic (exact) mass is 443 g/mol. The first kappa shape index (κ1) is 22.6. The number of carbonyl (C=O) groups excluding carboxylic acids is 3. The van der Waals surface area contributed by atoms with Crippen molar-refractivity contribution in [3.8, 4) is 0 Å². The van der Waals surface area contributed by atoms with Crippen LogP contribution in [0.4, 0.5) is 5.69 Å². The summed E-state index contributed by atoms with van der Waals surface area (Å²) < 4.78 is 27.2. The van der Waals surface area contributed by atoms with E-state index in [9.17, 15) is 22.8 Å². The van der Waals surface area contributed by atoms with Crippen molar-refractivity contribution in [3.05, 3.63) is 59.7 Å². The highest BCUT2D eigenvalue weighted by atomic mass is 32.2. The Bertz CT molecular complexity index is 1050. The van der Waals surface area contributed by atoms with Crippen LogP contribution in [0.1, 0.15) is 53.3 Å². The average molecular weight is 444 g/mol. The van der Waals surface area contributed by atoms with Crippen molar-refractivity contribution in [3.63, 3.8) is 0 Å². The topological polar surface area (TPSA) is 113 Å². The predicted octanol–water partition coefficient (Wildman–Crippen LogP) is 2.78. The van der Waals surface area contributed by atoms with E-state index in [1.807, 2.05) is 0 Å². The number of hydrogen-bond donors (Lipinski definition) is 2. The summed E-state index contributed by atoms with van der Waals surface area (Å²) >= 11 is 0. The minimum atomic E-state index is -3.62. The number of fused-ring (bicyclic) bond motifs is 1. The first-order valence-corrected chi connectivity index (χ1v) is 11.7. The molecule has 0 aliphatic carbocycles. The van der Waals surface area contributed by atoms with Gasteiger partial charge in [-0.25, -0.2) is 13.1 Å². The molecule has 8 nitrogen and oxygen atoms in total. The summed E-state index contributed by atoms with van der Waals surface area (Å²) in [6, 6.07) is 12.1. The number of carbonyl (C=O) groups is 3. The zero-order chi connectivity index (χ0) is 22.4. The number of rotatable bonds is 10. The molecular weight excluding hydrogens is 418 g/mol. The molecule has 0 spiro atoms. The van der Waals surface area contributed by atoms with Crippen molar-refractivity contribution in [1.82, 2.24) is 9.62 Å². The number of anilines is 1. The molecule has 0 fully saturated rings. The molecule has 164 valence electrons. The van der Waals surface area contributed by atoms with Gasteiger partial charge in [-0.15, -0.1) is 0 Å². The van der Waals surface area contributed by atoms with Gasteiger partial charge in [-0.05, 0) is 42.8 Å². The van der Waals surface area contributed by atoms with Crippen LogP contribution >= 0.6 is 0 Å². The van der Waals surface area contributed by atoms with Crippen LogP contribution in [-0.4, -0.2) is 44.1 Å². The van der Waals surface area contributed by atoms with Gasteiger partial charge in [-0.3, -0.25) is 19.3 Å². The Morgan fingerprint density at radius 2 is 1.52 bits per heavy atom. The maximum atomic E-state index is 12.3. The molecule has 0 aromatic heterocycles. The number of hydrogen-bond acceptors (Lipinski definition) is 5. The summed E-state index contributed by atoms with van der Waals surface area (Å²) in [5.74, 6) is -1.58. The summed E-state index contributed by atoms with van der Waals surface area (Å²) in [7, 11) is -3.62. The minimum absolute atomic E-state index is 0.0985. The normalized spacial score (nSPS) is 13.4. The Morgan fingerprint density at radius 1 is 0.903 bits per heavy atom. The number of benzene rings is 2. The van der Waals surface area contributed by atoms with Gasteiger partial charge < -0.3 is 5.32 Å². The highest BCUT2D eigenvalue weighted by Gasteiger charge is 2.36. The molecule has 1 heterocycles. The zero-order valence-electron chi connectivity index (χ0n) is 17.3. The molecule has 3 amide bonds. The van der Waals surface area contributed by atoms with Crippen molar-refractivity contribution in [2.24, 2.45) is 0 Å². The Morgan fingerprint density at radius 3 is 2.10 bits per heavy atom. The summed E-state index contributed by atoms with van der Waals surface area (Å²) in [5, 5.41) is 2.58. The van der Waals surface area contributed by atoms with Crippen molar-refractivity contribution in [1.29, 1.82) is 0 Å². The summed E-state index contributed by atoms with van der Waals surface area (Å²) in [6.07, 6.45) is 3.89. The third kappa shape index (κ3) is 5.36.